The summed E-state index contributed by atoms with van der Waals surface area (Å²) in [5, 5.41) is 5.11. The molecule has 0 fully saturated rings. The van der Waals surface area contributed by atoms with E-state index < -0.39 is 0 Å². The first-order chi connectivity index (χ1) is 10.3. The number of ether oxygens (including phenoxy) is 1. The van der Waals surface area contributed by atoms with Crippen molar-refractivity contribution < 1.29 is 4.74 Å². The quantitative estimate of drug-likeness (QED) is 0.769. The molecule has 4 heteroatoms. The van der Waals surface area contributed by atoms with Gasteiger partial charge in [-0.05, 0) is 42.0 Å². The molecule has 0 aliphatic heterocycles. The summed E-state index contributed by atoms with van der Waals surface area (Å²) in [5.74, 6) is 0.858. The maximum absolute atomic E-state index is 6.18. The first-order valence-electron chi connectivity index (χ1n) is 6.68. The standard InChI is InChI=1S/C17H15ClN2O/c1-21-13-5-2-4-12(10-13)11-20-16-8-7-15(18)17-14(16)6-3-9-19-17/h2-10,20H,11H2,1H3. The number of benzene rings is 2. The van der Waals surface area contributed by atoms with Crippen molar-refractivity contribution in [2.24, 2.45) is 0 Å². The molecule has 0 unspecified atom stereocenters. The molecule has 0 saturated heterocycles. The van der Waals surface area contributed by atoms with Crippen LogP contribution in [0.4, 0.5) is 5.69 Å². The molecule has 3 aromatic rings. The second kappa shape index (κ2) is 6.02. The summed E-state index contributed by atoms with van der Waals surface area (Å²) in [4.78, 5) is 4.33. The zero-order valence-corrected chi connectivity index (χ0v) is 12.4. The zero-order chi connectivity index (χ0) is 14.7. The molecule has 0 spiro atoms. The van der Waals surface area contributed by atoms with Gasteiger partial charge in [0, 0.05) is 23.8 Å². The minimum absolute atomic E-state index is 0.664. The van der Waals surface area contributed by atoms with E-state index in [0.29, 0.717) is 11.6 Å². The molecule has 0 bridgehead atoms. The van der Waals surface area contributed by atoms with Gasteiger partial charge in [0.05, 0.1) is 17.6 Å². The van der Waals surface area contributed by atoms with Crippen LogP contribution in [0.15, 0.2) is 54.7 Å². The summed E-state index contributed by atoms with van der Waals surface area (Å²) in [6.07, 6.45) is 1.75. The fourth-order valence-corrected chi connectivity index (χ4v) is 2.49. The number of fused-ring (bicyclic) bond motifs is 1. The Kier molecular flexibility index (Phi) is 3.93. The molecule has 21 heavy (non-hydrogen) atoms. The van der Waals surface area contributed by atoms with Crippen LogP contribution in [-0.2, 0) is 6.54 Å². The van der Waals surface area contributed by atoms with E-state index in [1.54, 1.807) is 13.3 Å². The van der Waals surface area contributed by atoms with Gasteiger partial charge in [-0.25, -0.2) is 0 Å². The van der Waals surface area contributed by atoms with E-state index in [4.69, 9.17) is 16.3 Å². The normalized spacial score (nSPS) is 10.6. The zero-order valence-electron chi connectivity index (χ0n) is 11.6. The molecule has 0 amide bonds. The highest BCUT2D eigenvalue weighted by atomic mass is 35.5. The molecule has 106 valence electrons. The van der Waals surface area contributed by atoms with E-state index in [9.17, 15) is 0 Å². The van der Waals surface area contributed by atoms with Crippen LogP contribution in [0.1, 0.15) is 5.56 Å². The third kappa shape index (κ3) is 2.93. The molecule has 0 radical (unpaired) electrons. The van der Waals surface area contributed by atoms with Crippen LogP contribution in [0.5, 0.6) is 5.75 Å². The number of anilines is 1. The van der Waals surface area contributed by atoms with E-state index in [2.05, 4.69) is 16.4 Å². The predicted octanol–water partition coefficient (Wildman–Crippen LogP) is 4.51. The summed E-state index contributed by atoms with van der Waals surface area (Å²) < 4.78 is 5.24. The number of hydrogen-bond acceptors (Lipinski definition) is 3. The average molecular weight is 299 g/mol. The van der Waals surface area contributed by atoms with Gasteiger partial charge in [-0.2, -0.15) is 0 Å². The second-order valence-corrected chi connectivity index (χ2v) is 5.11. The smallest absolute Gasteiger partial charge is 0.119 e. The Morgan fingerprint density at radius 2 is 2.05 bits per heavy atom. The Bertz CT molecular complexity index is 774. The van der Waals surface area contributed by atoms with Crippen LogP contribution in [0.3, 0.4) is 0 Å². The minimum atomic E-state index is 0.664. The van der Waals surface area contributed by atoms with E-state index in [0.717, 1.165) is 27.9 Å². The minimum Gasteiger partial charge on any atom is -0.497 e. The van der Waals surface area contributed by atoms with Crippen LogP contribution in [0.25, 0.3) is 10.9 Å². The summed E-state index contributed by atoms with van der Waals surface area (Å²) >= 11 is 6.18. The van der Waals surface area contributed by atoms with Gasteiger partial charge in [-0.15, -0.1) is 0 Å². The van der Waals surface area contributed by atoms with E-state index >= 15 is 0 Å². The number of halogens is 1. The lowest BCUT2D eigenvalue weighted by Gasteiger charge is -2.11. The molecule has 1 N–H and O–H groups in total. The van der Waals surface area contributed by atoms with Gasteiger partial charge in [0.1, 0.15) is 5.75 Å². The Balaban J connectivity index is 1.87. The molecule has 0 aliphatic carbocycles. The number of methoxy groups -OCH3 is 1. The van der Waals surface area contributed by atoms with Crippen LogP contribution in [0.2, 0.25) is 5.02 Å². The van der Waals surface area contributed by atoms with Gasteiger partial charge in [0.2, 0.25) is 0 Å². The van der Waals surface area contributed by atoms with Crippen molar-refractivity contribution in [3.8, 4) is 5.75 Å². The number of nitrogens with one attached hydrogen (secondary N) is 1. The summed E-state index contributed by atoms with van der Waals surface area (Å²) in [6.45, 7) is 0.711. The van der Waals surface area contributed by atoms with Crippen LogP contribution in [0, 0.1) is 0 Å². The van der Waals surface area contributed by atoms with Gasteiger partial charge in [0.25, 0.3) is 0 Å². The molecule has 3 rings (SSSR count). The molecule has 0 aliphatic rings. The third-order valence-electron chi connectivity index (χ3n) is 3.34. The maximum Gasteiger partial charge on any atom is 0.119 e. The highest BCUT2D eigenvalue weighted by Crippen LogP contribution is 2.28. The van der Waals surface area contributed by atoms with Crippen LogP contribution < -0.4 is 10.1 Å². The summed E-state index contributed by atoms with van der Waals surface area (Å²) in [6, 6.07) is 15.8. The van der Waals surface area contributed by atoms with Crippen molar-refractivity contribution in [1.82, 2.24) is 4.98 Å². The first kappa shape index (κ1) is 13.7. The molecule has 0 atom stereocenters. The molecule has 1 heterocycles. The number of hydrogen-bond donors (Lipinski definition) is 1. The van der Waals surface area contributed by atoms with Crippen molar-refractivity contribution in [2.45, 2.75) is 6.54 Å². The lowest BCUT2D eigenvalue weighted by atomic mass is 10.1. The van der Waals surface area contributed by atoms with Crippen LogP contribution >= 0.6 is 11.6 Å². The monoisotopic (exact) mass is 298 g/mol. The molecular formula is C17H15ClN2O. The lowest BCUT2D eigenvalue weighted by molar-refractivity contribution is 0.414. The number of rotatable bonds is 4. The van der Waals surface area contributed by atoms with Gasteiger partial charge >= 0.3 is 0 Å². The van der Waals surface area contributed by atoms with Crippen molar-refractivity contribution in [2.75, 3.05) is 12.4 Å². The predicted molar refractivity (Wildman–Crippen MR) is 87.1 cm³/mol. The van der Waals surface area contributed by atoms with Crippen molar-refractivity contribution in [1.29, 1.82) is 0 Å². The number of aromatic nitrogens is 1. The van der Waals surface area contributed by atoms with Gasteiger partial charge in [0.15, 0.2) is 0 Å². The van der Waals surface area contributed by atoms with Crippen LogP contribution in [-0.4, -0.2) is 12.1 Å². The second-order valence-electron chi connectivity index (χ2n) is 4.70. The molecular weight excluding hydrogens is 284 g/mol. The lowest BCUT2D eigenvalue weighted by Crippen LogP contribution is -2.00. The van der Waals surface area contributed by atoms with E-state index in [1.165, 1.54) is 0 Å². The van der Waals surface area contributed by atoms with Gasteiger partial charge < -0.3 is 10.1 Å². The maximum atomic E-state index is 6.18. The fraction of sp³-hybridized carbons (Fsp3) is 0.118. The fourth-order valence-electron chi connectivity index (χ4n) is 2.27. The molecule has 2 aromatic carbocycles. The highest BCUT2D eigenvalue weighted by molar-refractivity contribution is 6.35. The number of nitrogens with zero attached hydrogens (tertiary/aromatic N) is 1. The van der Waals surface area contributed by atoms with Crippen molar-refractivity contribution >= 4 is 28.2 Å². The largest absolute Gasteiger partial charge is 0.497 e. The highest BCUT2D eigenvalue weighted by Gasteiger charge is 2.05. The molecule has 3 nitrogen and oxygen atoms in total. The van der Waals surface area contributed by atoms with Crippen molar-refractivity contribution in [3.63, 3.8) is 0 Å². The SMILES string of the molecule is COc1cccc(CNc2ccc(Cl)c3ncccc23)c1. The Hall–Kier alpha value is -2.26. The molecule has 1 aromatic heterocycles. The van der Waals surface area contributed by atoms with Gasteiger partial charge in [-0.1, -0.05) is 23.7 Å². The third-order valence-corrected chi connectivity index (χ3v) is 3.64. The Morgan fingerprint density at radius 1 is 1.14 bits per heavy atom. The first-order valence-corrected chi connectivity index (χ1v) is 7.06. The number of pyridine rings is 1. The average Bonchev–Trinajstić information content (AvgIpc) is 2.55. The Labute approximate surface area is 128 Å². The van der Waals surface area contributed by atoms with E-state index in [-0.39, 0.29) is 0 Å². The topological polar surface area (TPSA) is 34.1 Å². The molecule has 0 saturated carbocycles. The Morgan fingerprint density at radius 3 is 2.90 bits per heavy atom. The summed E-state index contributed by atoms with van der Waals surface area (Å²) in [7, 11) is 1.67. The summed E-state index contributed by atoms with van der Waals surface area (Å²) in [5.41, 5.74) is 2.99. The van der Waals surface area contributed by atoms with E-state index in [1.807, 2.05) is 42.5 Å². The van der Waals surface area contributed by atoms with Gasteiger partial charge in [-0.3, -0.25) is 4.98 Å². The van der Waals surface area contributed by atoms with Crippen molar-refractivity contribution in [3.05, 3.63) is 65.3 Å².